The SMILES string of the molecule is O=C(COCc1nc2ccc(F)cc2[nH]1)N[C@@H]1CCOC[C@H]1O. The number of aromatic nitrogens is 2. The zero-order valence-corrected chi connectivity index (χ0v) is 12.4. The number of aliphatic hydroxyl groups is 1. The van der Waals surface area contributed by atoms with E-state index < -0.39 is 6.10 Å². The molecule has 1 aliphatic rings. The number of hydrogen-bond donors (Lipinski definition) is 3. The molecule has 1 fully saturated rings. The summed E-state index contributed by atoms with van der Waals surface area (Å²) in [5.74, 6) is -0.134. The molecule has 0 spiro atoms. The number of rotatable bonds is 5. The van der Waals surface area contributed by atoms with E-state index in [-0.39, 0.29) is 37.6 Å². The van der Waals surface area contributed by atoms with E-state index in [1.165, 1.54) is 12.1 Å². The summed E-state index contributed by atoms with van der Waals surface area (Å²) in [5, 5.41) is 12.4. The van der Waals surface area contributed by atoms with Crippen LogP contribution in [-0.2, 0) is 20.9 Å². The highest BCUT2D eigenvalue weighted by molar-refractivity contribution is 5.77. The Morgan fingerprint density at radius 2 is 2.43 bits per heavy atom. The van der Waals surface area contributed by atoms with Crippen molar-refractivity contribution < 1.29 is 23.8 Å². The molecule has 7 nitrogen and oxygen atoms in total. The lowest BCUT2D eigenvalue weighted by molar-refractivity contribution is -0.129. The van der Waals surface area contributed by atoms with Crippen LogP contribution >= 0.6 is 0 Å². The molecule has 0 radical (unpaired) electrons. The molecule has 0 unspecified atom stereocenters. The number of nitrogens with zero attached hydrogens (tertiary/aromatic N) is 1. The van der Waals surface area contributed by atoms with Crippen LogP contribution in [0.2, 0.25) is 0 Å². The Hall–Kier alpha value is -2.03. The number of hydrogen-bond acceptors (Lipinski definition) is 5. The van der Waals surface area contributed by atoms with Crippen LogP contribution in [0, 0.1) is 5.82 Å². The van der Waals surface area contributed by atoms with E-state index in [2.05, 4.69) is 15.3 Å². The van der Waals surface area contributed by atoms with Crippen LogP contribution in [0.25, 0.3) is 11.0 Å². The Kier molecular flexibility index (Phi) is 4.85. The number of aromatic amines is 1. The molecule has 23 heavy (non-hydrogen) atoms. The number of halogens is 1. The van der Waals surface area contributed by atoms with Gasteiger partial charge in [0.05, 0.1) is 29.8 Å². The van der Waals surface area contributed by atoms with Crippen molar-refractivity contribution >= 4 is 16.9 Å². The summed E-state index contributed by atoms with van der Waals surface area (Å²) < 4.78 is 23.5. The van der Waals surface area contributed by atoms with Crippen molar-refractivity contribution in [3.05, 3.63) is 29.8 Å². The molecule has 1 aromatic carbocycles. The van der Waals surface area contributed by atoms with Gasteiger partial charge in [-0.15, -0.1) is 0 Å². The molecule has 1 aromatic heterocycles. The molecule has 0 bridgehead atoms. The first-order chi connectivity index (χ1) is 11.1. The topological polar surface area (TPSA) is 96.5 Å². The van der Waals surface area contributed by atoms with Gasteiger partial charge in [-0.1, -0.05) is 0 Å². The fourth-order valence-corrected chi connectivity index (χ4v) is 2.48. The Bertz CT molecular complexity index is 690. The third kappa shape index (κ3) is 4.04. The summed E-state index contributed by atoms with van der Waals surface area (Å²) in [5.41, 5.74) is 1.22. The fraction of sp³-hybridized carbons (Fsp3) is 0.467. The lowest BCUT2D eigenvalue weighted by Gasteiger charge is -2.28. The van der Waals surface area contributed by atoms with Gasteiger partial charge in [0.1, 0.15) is 24.9 Å². The van der Waals surface area contributed by atoms with E-state index in [0.717, 1.165) is 0 Å². The monoisotopic (exact) mass is 323 g/mol. The average molecular weight is 323 g/mol. The fourth-order valence-electron chi connectivity index (χ4n) is 2.48. The molecule has 124 valence electrons. The molecule has 2 heterocycles. The van der Waals surface area contributed by atoms with Crippen LogP contribution in [0.5, 0.6) is 0 Å². The van der Waals surface area contributed by atoms with E-state index in [9.17, 15) is 14.3 Å². The lowest BCUT2D eigenvalue weighted by Crippen LogP contribution is -2.49. The second-order valence-electron chi connectivity index (χ2n) is 5.44. The number of fused-ring (bicyclic) bond motifs is 1. The summed E-state index contributed by atoms with van der Waals surface area (Å²) in [6.07, 6.45) is -0.125. The zero-order chi connectivity index (χ0) is 16.2. The molecule has 3 N–H and O–H groups in total. The average Bonchev–Trinajstić information content (AvgIpc) is 2.91. The summed E-state index contributed by atoms with van der Waals surface area (Å²) in [7, 11) is 0. The molecule has 0 aliphatic carbocycles. The molecule has 1 amide bonds. The Balaban J connectivity index is 1.47. The molecule has 0 saturated carbocycles. The molecule has 2 atom stereocenters. The minimum atomic E-state index is -0.696. The predicted octanol–water partition coefficient (Wildman–Crippen LogP) is 0.485. The number of amides is 1. The Morgan fingerprint density at radius 1 is 1.57 bits per heavy atom. The summed E-state index contributed by atoms with van der Waals surface area (Å²) in [6.45, 7) is 0.704. The molecule has 1 aliphatic heterocycles. The molecular weight excluding hydrogens is 305 g/mol. The number of nitrogens with one attached hydrogen (secondary N) is 2. The van der Waals surface area contributed by atoms with Crippen molar-refractivity contribution in [3.8, 4) is 0 Å². The van der Waals surface area contributed by atoms with Crippen molar-refractivity contribution in [2.75, 3.05) is 19.8 Å². The van der Waals surface area contributed by atoms with Gasteiger partial charge in [-0.3, -0.25) is 4.79 Å². The van der Waals surface area contributed by atoms with Gasteiger partial charge < -0.3 is 24.9 Å². The van der Waals surface area contributed by atoms with Crippen LogP contribution in [0.4, 0.5) is 4.39 Å². The second-order valence-corrected chi connectivity index (χ2v) is 5.44. The highest BCUT2D eigenvalue weighted by atomic mass is 19.1. The van der Waals surface area contributed by atoms with E-state index in [1.807, 2.05) is 0 Å². The van der Waals surface area contributed by atoms with Gasteiger partial charge in [-0.05, 0) is 24.6 Å². The van der Waals surface area contributed by atoms with Crippen LogP contribution in [0.15, 0.2) is 18.2 Å². The van der Waals surface area contributed by atoms with Gasteiger partial charge in [0.25, 0.3) is 0 Å². The number of benzene rings is 1. The molecular formula is C15H18FN3O4. The normalized spacial score (nSPS) is 21.5. The predicted molar refractivity (Wildman–Crippen MR) is 79.1 cm³/mol. The molecule has 8 heteroatoms. The van der Waals surface area contributed by atoms with E-state index in [1.54, 1.807) is 6.07 Å². The van der Waals surface area contributed by atoms with Gasteiger partial charge in [-0.2, -0.15) is 0 Å². The maximum absolute atomic E-state index is 13.1. The zero-order valence-electron chi connectivity index (χ0n) is 12.4. The minimum absolute atomic E-state index is 0.111. The minimum Gasteiger partial charge on any atom is -0.389 e. The molecule has 3 rings (SSSR count). The van der Waals surface area contributed by atoms with Crippen molar-refractivity contribution in [2.24, 2.45) is 0 Å². The van der Waals surface area contributed by atoms with Crippen LogP contribution in [-0.4, -0.2) is 52.9 Å². The van der Waals surface area contributed by atoms with Crippen molar-refractivity contribution in [1.29, 1.82) is 0 Å². The molecule has 2 aromatic rings. The van der Waals surface area contributed by atoms with Crippen molar-refractivity contribution in [1.82, 2.24) is 15.3 Å². The Morgan fingerprint density at radius 3 is 3.26 bits per heavy atom. The van der Waals surface area contributed by atoms with Gasteiger partial charge in [0.2, 0.25) is 5.91 Å². The highest BCUT2D eigenvalue weighted by Gasteiger charge is 2.24. The van der Waals surface area contributed by atoms with Crippen LogP contribution in [0.1, 0.15) is 12.2 Å². The summed E-state index contributed by atoms with van der Waals surface area (Å²) >= 11 is 0. The van der Waals surface area contributed by atoms with Gasteiger partial charge >= 0.3 is 0 Å². The number of carbonyl (C=O) groups is 1. The van der Waals surface area contributed by atoms with E-state index >= 15 is 0 Å². The maximum atomic E-state index is 13.1. The second kappa shape index (κ2) is 7.03. The third-order valence-corrected chi connectivity index (χ3v) is 3.64. The third-order valence-electron chi connectivity index (χ3n) is 3.64. The quantitative estimate of drug-likeness (QED) is 0.744. The first-order valence-electron chi connectivity index (χ1n) is 7.39. The summed E-state index contributed by atoms with van der Waals surface area (Å²) in [4.78, 5) is 19.0. The number of H-pyrrole nitrogens is 1. The summed E-state index contributed by atoms with van der Waals surface area (Å²) in [6, 6.07) is 3.95. The van der Waals surface area contributed by atoms with Crippen molar-refractivity contribution in [2.45, 2.75) is 25.2 Å². The van der Waals surface area contributed by atoms with Crippen LogP contribution in [0.3, 0.4) is 0 Å². The smallest absolute Gasteiger partial charge is 0.246 e. The van der Waals surface area contributed by atoms with E-state index in [0.29, 0.717) is 29.9 Å². The lowest BCUT2D eigenvalue weighted by atomic mass is 10.1. The number of imidazole rings is 1. The first-order valence-corrected chi connectivity index (χ1v) is 7.39. The van der Waals surface area contributed by atoms with Crippen LogP contribution < -0.4 is 5.32 Å². The number of carbonyl (C=O) groups excluding carboxylic acids is 1. The Labute approximate surface area is 131 Å². The number of ether oxygens (including phenoxy) is 2. The van der Waals surface area contributed by atoms with Gasteiger partial charge in [0.15, 0.2) is 0 Å². The first kappa shape index (κ1) is 15.9. The van der Waals surface area contributed by atoms with Gasteiger partial charge in [0, 0.05) is 6.61 Å². The van der Waals surface area contributed by atoms with Crippen molar-refractivity contribution in [3.63, 3.8) is 0 Å². The van der Waals surface area contributed by atoms with Gasteiger partial charge in [-0.25, -0.2) is 9.37 Å². The standard InChI is InChI=1S/C15H18FN3O4/c16-9-1-2-10-12(5-9)18-14(17-10)7-23-8-15(21)19-11-3-4-22-6-13(11)20/h1-2,5,11,13,20H,3-4,6-8H2,(H,17,18)(H,19,21)/t11-,13-/m1/s1. The number of aliphatic hydroxyl groups excluding tert-OH is 1. The largest absolute Gasteiger partial charge is 0.389 e. The van der Waals surface area contributed by atoms with E-state index in [4.69, 9.17) is 9.47 Å². The highest BCUT2D eigenvalue weighted by Crippen LogP contribution is 2.13. The maximum Gasteiger partial charge on any atom is 0.246 e. The molecule has 1 saturated heterocycles.